The van der Waals surface area contributed by atoms with Crippen molar-refractivity contribution < 1.29 is 4.74 Å². The lowest BCUT2D eigenvalue weighted by Gasteiger charge is -2.37. The SMILES string of the molecule is C=CCOc1ccccc1[Si](CC)(CC)C1C=Cc2ccccc21. The van der Waals surface area contributed by atoms with Crippen LogP contribution in [0.1, 0.15) is 30.5 Å². The number of rotatable bonds is 7. The number of hydrogen-bond donors (Lipinski definition) is 0. The van der Waals surface area contributed by atoms with Crippen LogP contribution in [0.15, 0.2) is 67.3 Å². The summed E-state index contributed by atoms with van der Waals surface area (Å²) in [7, 11) is -1.78. The highest BCUT2D eigenvalue weighted by Gasteiger charge is 2.43. The summed E-state index contributed by atoms with van der Waals surface area (Å²) in [5.41, 5.74) is 3.40. The normalized spacial score (nSPS) is 16.0. The van der Waals surface area contributed by atoms with Gasteiger partial charge in [-0.15, -0.1) is 0 Å². The van der Waals surface area contributed by atoms with E-state index in [1.807, 2.05) is 6.08 Å². The maximum Gasteiger partial charge on any atom is 0.119 e. The van der Waals surface area contributed by atoms with Crippen molar-refractivity contribution >= 4 is 19.3 Å². The smallest absolute Gasteiger partial charge is 0.119 e. The van der Waals surface area contributed by atoms with E-state index in [4.69, 9.17) is 4.74 Å². The number of benzene rings is 2. The molecular weight excluding hydrogens is 308 g/mol. The van der Waals surface area contributed by atoms with Gasteiger partial charge in [0.15, 0.2) is 0 Å². The lowest BCUT2D eigenvalue weighted by molar-refractivity contribution is 0.366. The van der Waals surface area contributed by atoms with E-state index >= 15 is 0 Å². The Morgan fingerprint density at radius 2 is 1.75 bits per heavy atom. The zero-order valence-corrected chi connectivity index (χ0v) is 15.7. The van der Waals surface area contributed by atoms with E-state index in [0.29, 0.717) is 12.1 Å². The maximum absolute atomic E-state index is 6.04. The number of para-hydroxylation sites is 1. The summed E-state index contributed by atoms with van der Waals surface area (Å²) in [5, 5.41) is 1.45. The molecule has 0 aliphatic heterocycles. The molecule has 0 fully saturated rings. The zero-order valence-electron chi connectivity index (χ0n) is 14.7. The van der Waals surface area contributed by atoms with Crippen molar-refractivity contribution in [2.45, 2.75) is 31.5 Å². The van der Waals surface area contributed by atoms with Crippen LogP contribution in [0.4, 0.5) is 0 Å². The van der Waals surface area contributed by atoms with Crippen LogP contribution in [-0.4, -0.2) is 14.7 Å². The Bertz CT molecular complexity index is 743. The van der Waals surface area contributed by atoms with E-state index in [9.17, 15) is 0 Å². The first kappa shape index (κ1) is 16.8. The van der Waals surface area contributed by atoms with Gasteiger partial charge in [0.25, 0.3) is 0 Å². The molecule has 0 radical (unpaired) electrons. The molecule has 0 saturated heterocycles. The average molecular weight is 335 g/mol. The summed E-state index contributed by atoms with van der Waals surface area (Å²) in [6, 6.07) is 19.9. The lowest BCUT2D eigenvalue weighted by atomic mass is 10.1. The van der Waals surface area contributed by atoms with Crippen LogP contribution in [0.25, 0.3) is 6.08 Å². The quantitative estimate of drug-likeness (QED) is 0.493. The molecule has 1 atom stereocenters. The molecule has 0 heterocycles. The Morgan fingerprint density at radius 1 is 1.04 bits per heavy atom. The molecule has 1 nitrogen and oxygen atoms in total. The molecule has 0 aromatic heterocycles. The van der Waals surface area contributed by atoms with Gasteiger partial charge in [0.05, 0.1) is 0 Å². The van der Waals surface area contributed by atoms with Gasteiger partial charge in [-0.05, 0) is 22.4 Å². The van der Waals surface area contributed by atoms with E-state index in [1.54, 1.807) is 0 Å². The molecule has 0 spiro atoms. The van der Waals surface area contributed by atoms with Crippen LogP contribution in [0.2, 0.25) is 12.1 Å². The second kappa shape index (κ2) is 7.23. The highest BCUT2D eigenvalue weighted by molar-refractivity contribution is 6.94. The summed E-state index contributed by atoms with van der Waals surface area (Å²) in [5.74, 6) is 1.05. The van der Waals surface area contributed by atoms with Gasteiger partial charge in [-0.1, -0.05) is 93.2 Å². The third-order valence-electron chi connectivity index (χ3n) is 5.44. The van der Waals surface area contributed by atoms with Crippen LogP contribution in [-0.2, 0) is 0 Å². The van der Waals surface area contributed by atoms with Gasteiger partial charge in [0.2, 0.25) is 0 Å². The Labute approximate surface area is 146 Å². The van der Waals surface area contributed by atoms with Crippen molar-refractivity contribution in [3.05, 3.63) is 78.4 Å². The Balaban J connectivity index is 2.11. The van der Waals surface area contributed by atoms with Gasteiger partial charge in [0, 0.05) is 5.54 Å². The van der Waals surface area contributed by atoms with Crippen LogP contribution >= 0.6 is 0 Å². The van der Waals surface area contributed by atoms with Gasteiger partial charge >= 0.3 is 0 Å². The topological polar surface area (TPSA) is 9.23 Å². The highest BCUT2D eigenvalue weighted by Crippen LogP contribution is 2.41. The molecule has 2 aromatic rings. The first-order chi connectivity index (χ1) is 11.8. The fourth-order valence-corrected chi connectivity index (χ4v) is 9.00. The van der Waals surface area contributed by atoms with Crippen molar-refractivity contribution in [2.75, 3.05) is 6.61 Å². The summed E-state index contributed by atoms with van der Waals surface area (Å²) in [4.78, 5) is 0. The summed E-state index contributed by atoms with van der Waals surface area (Å²) in [6.45, 7) is 9.06. The van der Waals surface area contributed by atoms with Crippen molar-refractivity contribution in [1.82, 2.24) is 0 Å². The molecule has 0 saturated carbocycles. The Morgan fingerprint density at radius 3 is 2.50 bits per heavy atom. The summed E-state index contributed by atoms with van der Waals surface area (Å²) < 4.78 is 6.04. The maximum atomic E-state index is 6.04. The van der Waals surface area contributed by atoms with E-state index < -0.39 is 8.07 Å². The lowest BCUT2D eigenvalue weighted by Crippen LogP contribution is -2.52. The predicted molar refractivity (Wildman–Crippen MR) is 107 cm³/mol. The van der Waals surface area contributed by atoms with Crippen molar-refractivity contribution in [1.29, 1.82) is 0 Å². The molecule has 0 N–H and O–H groups in total. The van der Waals surface area contributed by atoms with E-state index in [0.717, 1.165) is 5.75 Å². The number of fused-ring (bicyclic) bond motifs is 1. The van der Waals surface area contributed by atoms with Crippen LogP contribution in [0.5, 0.6) is 5.75 Å². The van der Waals surface area contributed by atoms with Crippen LogP contribution < -0.4 is 9.92 Å². The minimum Gasteiger partial charge on any atom is -0.490 e. The highest BCUT2D eigenvalue weighted by atomic mass is 28.3. The summed E-state index contributed by atoms with van der Waals surface area (Å²) >= 11 is 0. The minimum absolute atomic E-state index is 0.525. The first-order valence-corrected chi connectivity index (χ1v) is 11.4. The van der Waals surface area contributed by atoms with Crippen LogP contribution in [0.3, 0.4) is 0 Å². The standard InChI is InChI=1S/C22H26OSi/c1-4-17-23-20-13-9-10-14-22(20)24(5-2,6-3)21-16-15-18-11-7-8-12-19(18)21/h4,7-16,21H,1,5-6,17H2,2-3H3. The van der Waals surface area contributed by atoms with Crippen LogP contribution in [0, 0.1) is 0 Å². The molecule has 2 aromatic carbocycles. The van der Waals surface area contributed by atoms with E-state index in [1.165, 1.54) is 28.4 Å². The molecule has 0 amide bonds. The molecule has 0 bridgehead atoms. The van der Waals surface area contributed by atoms with Crippen molar-refractivity contribution in [3.63, 3.8) is 0 Å². The zero-order chi connectivity index (χ0) is 17.0. The molecule has 1 unspecified atom stereocenters. The number of ether oxygens (including phenoxy) is 1. The van der Waals surface area contributed by atoms with Crippen molar-refractivity contribution in [2.24, 2.45) is 0 Å². The van der Waals surface area contributed by atoms with Crippen molar-refractivity contribution in [3.8, 4) is 5.75 Å². The fourth-order valence-electron chi connectivity index (χ4n) is 4.12. The number of allylic oxidation sites excluding steroid dienone is 1. The summed E-state index contributed by atoms with van der Waals surface area (Å²) in [6.07, 6.45) is 6.57. The Hall–Kier alpha value is -2.06. The first-order valence-electron chi connectivity index (χ1n) is 8.87. The number of hydrogen-bond acceptors (Lipinski definition) is 1. The van der Waals surface area contributed by atoms with Gasteiger partial charge in [-0.2, -0.15) is 0 Å². The largest absolute Gasteiger partial charge is 0.490 e. The fraction of sp³-hybridized carbons (Fsp3) is 0.273. The third-order valence-corrected chi connectivity index (χ3v) is 11.1. The molecule has 1 aliphatic rings. The average Bonchev–Trinajstić information content (AvgIpc) is 3.07. The van der Waals surface area contributed by atoms with Gasteiger partial charge < -0.3 is 4.74 Å². The monoisotopic (exact) mass is 334 g/mol. The molecule has 2 heteroatoms. The molecule has 24 heavy (non-hydrogen) atoms. The molecular formula is C22H26OSi. The minimum atomic E-state index is -1.78. The molecule has 124 valence electrons. The van der Waals surface area contributed by atoms with E-state index in [2.05, 4.69) is 81.1 Å². The van der Waals surface area contributed by atoms with Gasteiger partial charge in [0.1, 0.15) is 20.4 Å². The molecule has 1 aliphatic carbocycles. The van der Waals surface area contributed by atoms with E-state index in [-0.39, 0.29) is 0 Å². The van der Waals surface area contributed by atoms with Gasteiger partial charge in [-0.25, -0.2) is 0 Å². The molecule has 3 rings (SSSR count). The predicted octanol–water partition coefficient (Wildman–Crippen LogP) is 5.30. The second-order valence-corrected chi connectivity index (χ2v) is 11.3. The third kappa shape index (κ3) is 2.76. The second-order valence-electron chi connectivity index (χ2n) is 6.42. The Kier molecular flexibility index (Phi) is 5.05. The van der Waals surface area contributed by atoms with Gasteiger partial charge in [-0.3, -0.25) is 0 Å².